The van der Waals surface area contributed by atoms with E-state index in [0.717, 1.165) is 36.4 Å². The lowest BCUT2D eigenvalue weighted by Gasteiger charge is -2.39. The van der Waals surface area contributed by atoms with Crippen LogP contribution in [-0.4, -0.2) is 70.2 Å². The Bertz CT molecular complexity index is 725. The molecule has 0 radical (unpaired) electrons. The van der Waals surface area contributed by atoms with E-state index in [1.165, 1.54) is 0 Å². The second kappa shape index (κ2) is 8.00. The molecule has 0 aliphatic carbocycles. The number of β-amino-alcohol motifs (C(OH)–C–C–N with tert-alkyl or cyclic N) is 1. The van der Waals surface area contributed by atoms with E-state index in [0.29, 0.717) is 39.0 Å². The van der Waals surface area contributed by atoms with Crippen LogP contribution in [0.3, 0.4) is 0 Å². The van der Waals surface area contributed by atoms with Gasteiger partial charge < -0.3 is 24.7 Å². The fourth-order valence-corrected chi connectivity index (χ4v) is 4.71. The largest absolute Gasteiger partial charge is 0.392 e. The Labute approximate surface area is 171 Å². The van der Waals surface area contributed by atoms with Gasteiger partial charge in [-0.2, -0.15) is 0 Å². The Balaban J connectivity index is 0.00000225. The normalized spacial score (nSPS) is 26.8. The number of aliphatic hydroxyl groups is 1. The monoisotopic (exact) mass is 412 g/mol. The number of nitrogens with one attached hydrogen (secondary N) is 1. The van der Waals surface area contributed by atoms with Gasteiger partial charge in [-0.1, -0.05) is 5.16 Å². The van der Waals surface area contributed by atoms with Crippen molar-refractivity contribution < 1.29 is 19.2 Å². The van der Waals surface area contributed by atoms with E-state index in [2.05, 4.69) is 10.5 Å². The molecule has 2 amide bonds. The fourth-order valence-electron chi connectivity index (χ4n) is 4.71. The second-order valence-electron chi connectivity index (χ2n) is 8.40. The number of aliphatic hydroxyl groups excluding tert-OH is 1. The van der Waals surface area contributed by atoms with E-state index >= 15 is 0 Å². The number of halogens is 1. The molecular formula is C19H29ClN4O4. The first-order chi connectivity index (χ1) is 12.9. The van der Waals surface area contributed by atoms with E-state index < -0.39 is 6.10 Å². The molecule has 0 aromatic carbocycles. The number of nitrogens with zero attached hydrogens (tertiary/aromatic N) is 3. The maximum Gasteiger partial charge on any atom is 0.239 e. The molecule has 4 rings (SSSR count). The average Bonchev–Trinajstić information content (AvgIpc) is 3.30. The molecule has 8 nitrogen and oxygen atoms in total. The van der Waals surface area contributed by atoms with Crippen LogP contribution in [0.1, 0.15) is 42.7 Å². The molecule has 156 valence electrons. The van der Waals surface area contributed by atoms with Crippen LogP contribution < -0.4 is 5.32 Å². The SMILES string of the molecule is Cc1noc(C)c1CN1CC2(CCN(C(=O)[C@H]3C[C@H](O)CN3)CC2)CC1=O.Cl. The lowest BCUT2D eigenvalue weighted by Crippen LogP contribution is -2.49. The third-order valence-corrected chi connectivity index (χ3v) is 6.48. The van der Waals surface area contributed by atoms with E-state index in [1.54, 1.807) is 0 Å². The Kier molecular flexibility index (Phi) is 6.03. The average molecular weight is 413 g/mol. The zero-order valence-electron chi connectivity index (χ0n) is 16.4. The number of aryl methyl sites for hydroxylation is 2. The van der Waals surface area contributed by atoms with Crippen LogP contribution in [0.5, 0.6) is 0 Å². The molecule has 1 spiro atoms. The highest BCUT2D eigenvalue weighted by Crippen LogP contribution is 2.42. The number of carbonyl (C=O) groups excluding carboxylic acids is 2. The first-order valence-electron chi connectivity index (χ1n) is 9.77. The van der Waals surface area contributed by atoms with Crippen molar-refractivity contribution in [1.82, 2.24) is 20.3 Å². The first-order valence-corrected chi connectivity index (χ1v) is 9.77. The summed E-state index contributed by atoms with van der Waals surface area (Å²) in [4.78, 5) is 29.0. The molecule has 1 aromatic heterocycles. The quantitative estimate of drug-likeness (QED) is 0.761. The fraction of sp³-hybridized carbons (Fsp3) is 0.737. The molecule has 0 bridgehead atoms. The summed E-state index contributed by atoms with van der Waals surface area (Å²) < 4.78 is 5.22. The molecule has 3 aliphatic heterocycles. The van der Waals surface area contributed by atoms with Gasteiger partial charge in [-0.25, -0.2) is 0 Å². The molecule has 1 aromatic rings. The van der Waals surface area contributed by atoms with Gasteiger partial charge in [-0.05, 0) is 33.1 Å². The lowest BCUT2D eigenvalue weighted by molar-refractivity contribution is -0.135. The number of hydrogen-bond acceptors (Lipinski definition) is 6. The first kappa shape index (κ1) is 21.1. The number of hydrogen-bond donors (Lipinski definition) is 2. The predicted octanol–water partition coefficient (Wildman–Crippen LogP) is 0.777. The Morgan fingerprint density at radius 2 is 2.07 bits per heavy atom. The summed E-state index contributed by atoms with van der Waals surface area (Å²) in [5.74, 6) is 1.03. The van der Waals surface area contributed by atoms with Crippen LogP contribution in [0.4, 0.5) is 0 Å². The predicted molar refractivity (Wildman–Crippen MR) is 104 cm³/mol. The molecule has 3 aliphatic rings. The maximum atomic E-state index is 12.6. The number of carbonyl (C=O) groups is 2. The minimum atomic E-state index is -0.430. The molecule has 2 N–H and O–H groups in total. The summed E-state index contributed by atoms with van der Waals surface area (Å²) in [7, 11) is 0. The minimum Gasteiger partial charge on any atom is -0.392 e. The summed E-state index contributed by atoms with van der Waals surface area (Å²) in [6, 6.07) is -0.268. The third-order valence-electron chi connectivity index (χ3n) is 6.48. The van der Waals surface area contributed by atoms with Crippen molar-refractivity contribution in [3.8, 4) is 0 Å². The highest BCUT2D eigenvalue weighted by molar-refractivity contribution is 5.85. The van der Waals surface area contributed by atoms with Gasteiger partial charge in [0.15, 0.2) is 0 Å². The highest BCUT2D eigenvalue weighted by Gasteiger charge is 2.46. The van der Waals surface area contributed by atoms with Gasteiger partial charge in [0.25, 0.3) is 0 Å². The molecule has 4 heterocycles. The Hall–Kier alpha value is -1.64. The number of aromatic nitrogens is 1. The van der Waals surface area contributed by atoms with Gasteiger partial charge in [0.05, 0.1) is 24.4 Å². The van der Waals surface area contributed by atoms with Crippen molar-refractivity contribution in [2.24, 2.45) is 5.41 Å². The van der Waals surface area contributed by atoms with Crippen molar-refractivity contribution in [3.05, 3.63) is 17.0 Å². The van der Waals surface area contributed by atoms with Crippen molar-refractivity contribution in [2.75, 3.05) is 26.2 Å². The van der Waals surface area contributed by atoms with Crippen LogP contribution in [0.25, 0.3) is 0 Å². The highest BCUT2D eigenvalue weighted by atomic mass is 35.5. The number of rotatable bonds is 3. The Morgan fingerprint density at radius 3 is 2.64 bits per heavy atom. The van der Waals surface area contributed by atoms with Gasteiger partial charge in [-0.15, -0.1) is 12.4 Å². The van der Waals surface area contributed by atoms with Crippen LogP contribution in [-0.2, 0) is 16.1 Å². The molecular weight excluding hydrogens is 384 g/mol. The van der Waals surface area contributed by atoms with E-state index in [-0.39, 0.29) is 35.7 Å². The third kappa shape index (κ3) is 3.90. The molecule has 0 unspecified atom stereocenters. The smallest absolute Gasteiger partial charge is 0.239 e. The lowest BCUT2D eigenvalue weighted by atomic mass is 9.77. The van der Waals surface area contributed by atoms with Crippen LogP contribution in [0.2, 0.25) is 0 Å². The summed E-state index contributed by atoms with van der Waals surface area (Å²) >= 11 is 0. The molecule has 3 fully saturated rings. The van der Waals surface area contributed by atoms with Crippen LogP contribution in [0.15, 0.2) is 4.52 Å². The van der Waals surface area contributed by atoms with Gasteiger partial charge in [0.2, 0.25) is 11.8 Å². The zero-order chi connectivity index (χ0) is 19.2. The van der Waals surface area contributed by atoms with Gasteiger partial charge >= 0.3 is 0 Å². The number of amides is 2. The van der Waals surface area contributed by atoms with Gasteiger partial charge in [0, 0.05) is 43.6 Å². The number of piperidine rings is 1. The topological polar surface area (TPSA) is 98.9 Å². The summed E-state index contributed by atoms with van der Waals surface area (Å²) in [6.45, 7) is 6.91. The molecule has 0 saturated carbocycles. The second-order valence-corrected chi connectivity index (χ2v) is 8.40. The maximum absolute atomic E-state index is 12.6. The molecule has 28 heavy (non-hydrogen) atoms. The molecule has 3 saturated heterocycles. The minimum absolute atomic E-state index is 0. The van der Waals surface area contributed by atoms with Crippen molar-refractivity contribution >= 4 is 24.2 Å². The van der Waals surface area contributed by atoms with E-state index in [4.69, 9.17) is 4.52 Å². The molecule has 2 atom stereocenters. The summed E-state index contributed by atoms with van der Waals surface area (Å²) in [5, 5.41) is 16.7. The van der Waals surface area contributed by atoms with Crippen LogP contribution >= 0.6 is 12.4 Å². The van der Waals surface area contributed by atoms with Gasteiger partial charge in [0.1, 0.15) is 5.76 Å². The van der Waals surface area contributed by atoms with E-state index in [1.807, 2.05) is 23.6 Å². The Morgan fingerprint density at radius 1 is 1.36 bits per heavy atom. The van der Waals surface area contributed by atoms with Crippen molar-refractivity contribution in [2.45, 2.75) is 58.2 Å². The van der Waals surface area contributed by atoms with Crippen molar-refractivity contribution in [1.29, 1.82) is 0 Å². The van der Waals surface area contributed by atoms with Crippen molar-refractivity contribution in [3.63, 3.8) is 0 Å². The number of likely N-dealkylation sites (tertiary alicyclic amines) is 2. The molecule has 9 heteroatoms. The standard InChI is InChI=1S/C19H28N4O4.ClH/c1-12-15(13(2)27-21-12)10-23-11-19(8-17(23)25)3-5-22(6-4-19)18(26)16-7-14(24)9-20-16;/h14,16,20,24H,3-11H2,1-2H3;1H/t14-,16+;/m0./s1. The van der Waals surface area contributed by atoms with Gasteiger partial charge in [-0.3, -0.25) is 9.59 Å². The summed E-state index contributed by atoms with van der Waals surface area (Å²) in [5.41, 5.74) is 1.81. The van der Waals surface area contributed by atoms with E-state index in [9.17, 15) is 14.7 Å². The van der Waals surface area contributed by atoms with Crippen LogP contribution in [0, 0.1) is 19.3 Å². The summed E-state index contributed by atoms with van der Waals surface area (Å²) in [6.07, 6.45) is 2.30. The zero-order valence-corrected chi connectivity index (χ0v) is 17.3.